The SMILES string of the molecule is CC[C@H](C)NC(=O)c1ccc(/C=C2/Sc3ccccc3NC2=O)cc1. The van der Waals surface area contributed by atoms with Crippen molar-refractivity contribution < 1.29 is 9.59 Å². The fourth-order valence-corrected chi connectivity index (χ4v) is 3.35. The van der Waals surface area contributed by atoms with Crippen molar-refractivity contribution in [3.8, 4) is 0 Å². The van der Waals surface area contributed by atoms with Crippen molar-refractivity contribution in [3.05, 3.63) is 64.6 Å². The monoisotopic (exact) mass is 352 g/mol. The smallest absolute Gasteiger partial charge is 0.262 e. The van der Waals surface area contributed by atoms with Crippen LogP contribution in [0.4, 0.5) is 5.69 Å². The van der Waals surface area contributed by atoms with Crippen LogP contribution in [0, 0.1) is 0 Å². The minimum Gasteiger partial charge on any atom is -0.350 e. The normalized spacial score (nSPS) is 16.1. The lowest BCUT2D eigenvalue weighted by atomic mass is 10.1. The number of hydrogen-bond acceptors (Lipinski definition) is 3. The van der Waals surface area contributed by atoms with E-state index in [9.17, 15) is 9.59 Å². The molecule has 2 N–H and O–H groups in total. The van der Waals surface area contributed by atoms with Gasteiger partial charge in [0.25, 0.3) is 11.8 Å². The number of amides is 2. The average Bonchev–Trinajstić information content (AvgIpc) is 2.62. The highest BCUT2D eigenvalue weighted by molar-refractivity contribution is 8.04. The average molecular weight is 352 g/mol. The van der Waals surface area contributed by atoms with Crippen LogP contribution in [0.25, 0.3) is 6.08 Å². The van der Waals surface area contributed by atoms with Gasteiger partial charge in [0.05, 0.1) is 10.6 Å². The lowest BCUT2D eigenvalue weighted by Gasteiger charge is -2.18. The predicted octanol–water partition coefficient (Wildman–Crippen LogP) is 4.30. The fraction of sp³-hybridized carbons (Fsp3) is 0.200. The van der Waals surface area contributed by atoms with E-state index in [1.54, 1.807) is 12.1 Å². The van der Waals surface area contributed by atoms with E-state index in [2.05, 4.69) is 10.6 Å². The highest BCUT2D eigenvalue weighted by Gasteiger charge is 2.20. The van der Waals surface area contributed by atoms with Gasteiger partial charge in [-0.3, -0.25) is 9.59 Å². The molecular formula is C20H20N2O2S. The summed E-state index contributed by atoms with van der Waals surface area (Å²) in [7, 11) is 0. The lowest BCUT2D eigenvalue weighted by Crippen LogP contribution is -2.31. The summed E-state index contributed by atoms with van der Waals surface area (Å²) in [4.78, 5) is 26.0. The molecule has 0 spiro atoms. The summed E-state index contributed by atoms with van der Waals surface area (Å²) in [5.74, 6) is -0.186. The van der Waals surface area contributed by atoms with Crippen LogP contribution in [0.5, 0.6) is 0 Å². The number of carbonyl (C=O) groups is 2. The van der Waals surface area contributed by atoms with Crippen molar-refractivity contribution in [2.45, 2.75) is 31.2 Å². The van der Waals surface area contributed by atoms with Crippen molar-refractivity contribution in [2.24, 2.45) is 0 Å². The predicted molar refractivity (Wildman–Crippen MR) is 103 cm³/mol. The molecule has 0 aromatic heterocycles. The van der Waals surface area contributed by atoms with Crippen molar-refractivity contribution in [1.29, 1.82) is 0 Å². The molecule has 4 nitrogen and oxygen atoms in total. The van der Waals surface area contributed by atoms with Gasteiger partial charge in [-0.15, -0.1) is 0 Å². The second kappa shape index (κ2) is 7.57. The first-order valence-electron chi connectivity index (χ1n) is 8.27. The molecule has 2 aromatic carbocycles. The van der Waals surface area contributed by atoms with E-state index in [1.807, 2.05) is 56.3 Å². The van der Waals surface area contributed by atoms with Crippen LogP contribution in [-0.2, 0) is 4.79 Å². The third-order valence-electron chi connectivity index (χ3n) is 4.04. The number of anilines is 1. The standard InChI is InChI=1S/C20H20N2O2S/c1-3-13(2)21-19(23)15-10-8-14(9-11-15)12-18-20(24)22-16-6-4-5-7-17(16)25-18/h4-13H,3H2,1-2H3,(H,21,23)(H,22,24)/b18-12+/t13-/m0/s1. The molecule has 0 aliphatic carbocycles. The van der Waals surface area contributed by atoms with E-state index in [4.69, 9.17) is 0 Å². The van der Waals surface area contributed by atoms with Crippen molar-refractivity contribution in [3.63, 3.8) is 0 Å². The molecule has 0 saturated carbocycles. The van der Waals surface area contributed by atoms with Gasteiger partial charge in [0.15, 0.2) is 0 Å². The van der Waals surface area contributed by atoms with Crippen LogP contribution in [0.1, 0.15) is 36.2 Å². The molecule has 2 aromatic rings. The molecule has 0 radical (unpaired) electrons. The molecule has 2 amide bonds. The molecule has 0 saturated heterocycles. The van der Waals surface area contributed by atoms with Gasteiger partial charge in [0.1, 0.15) is 0 Å². The second-order valence-corrected chi connectivity index (χ2v) is 7.05. The van der Waals surface area contributed by atoms with Crippen molar-refractivity contribution in [2.75, 3.05) is 5.32 Å². The zero-order valence-electron chi connectivity index (χ0n) is 14.2. The molecule has 5 heteroatoms. The summed E-state index contributed by atoms with van der Waals surface area (Å²) in [5, 5.41) is 5.84. The highest BCUT2D eigenvalue weighted by atomic mass is 32.2. The Morgan fingerprint density at radius 2 is 1.92 bits per heavy atom. The first kappa shape index (κ1) is 17.3. The number of hydrogen-bond donors (Lipinski definition) is 2. The van der Waals surface area contributed by atoms with Crippen molar-refractivity contribution in [1.82, 2.24) is 5.32 Å². The molecule has 128 valence electrons. The van der Waals surface area contributed by atoms with Crippen LogP contribution in [0.2, 0.25) is 0 Å². The quantitative estimate of drug-likeness (QED) is 0.807. The van der Waals surface area contributed by atoms with Gasteiger partial charge in [0, 0.05) is 16.5 Å². The third-order valence-corrected chi connectivity index (χ3v) is 5.14. The van der Waals surface area contributed by atoms with Crippen LogP contribution >= 0.6 is 11.8 Å². The number of benzene rings is 2. The van der Waals surface area contributed by atoms with E-state index in [0.29, 0.717) is 10.5 Å². The first-order chi connectivity index (χ1) is 12.1. The topological polar surface area (TPSA) is 58.2 Å². The van der Waals surface area contributed by atoms with E-state index in [0.717, 1.165) is 22.6 Å². The second-order valence-electron chi connectivity index (χ2n) is 5.97. The van der Waals surface area contributed by atoms with Crippen LogP contribution < -0.4 is 10.6 Å². The summed E-state index contributed by atoms with van der Waals surface area (Å²) in [6.45, 7) is 4.01. The van der Waals surface area contributed by atoms with Crippen LogP contribution in [0.3, 0.4) is 0 Å². The summed E-state index contributed by atoms with van der Waals surface area (Å²) < 4.78 is 0. The number of para-hydroxylation sites is 1. The fourth-order valence-electron chi connectivity index (χ4n) is 2.39. The van der Waals surface area contributed by atoms with Crippen LogP contribution in [0.15, 0.2) is 58.3 Å². The molecular weight excluding hydrogens is 332 g/mol. The Morgan fingerprint density at radius 3 is 2.64 bits per heavy atom. The number of rotatable bonds is 4. The Balaban J connectivity index is 1.76. The Kier molecular flexibility index (Phi) is 5.24. The number of nitrogens with one attached hydrogen (secondary N) is 2. The van der Waals surface area contributed by atoms with Gasteiger partial charge < -0.3 is 10.6 Å². The van der Waals surface area contributed by atoms with Gasteiger partial charge in [0.2, 0.25) is 0 Å². The Bertz CT molecular complexity index is 828. The minimum atomic E-state index is -0.109. The molecule has 1 aliphatic rings. The van der Waals surface area contributed by atoms with E-state index in [1.165, 1.54) is 11.8 Å². The summed E-state index contributed by atoms with van der Waals surface area (Å²) in [6, 6.07) is 15.1. The van der Waals surface area contributed by atoms with Gasteiger partial charge >= 0.3 is 0 Å². The maximum absolute atomic E-state index is 12.2. The summed E-state index contributed by atoms with van der Waals surface area (Å²) in [5.41, 5.74) is 2.34. The van der Waals surface area contributed by atoms with Gasteiger partial charge in [-0.1, -0.05) is 43.0 Å². The molecule has 1 atom stereocenters. The minimum absolute atomic E-state index is 0.0766. The molecule has 1 heterocycles. The molecule has 25 heavy (non-hydrogen) atoms. The van der Waals surface area contributed by atoms with Gasteiger partial charge in [-0.25, -0.2) is 0 Å². The van der Waals surface area contributed by atoms with E-state index in [-0.39, 0.29) is 17.9 Å². The van der Waals surface area contributed by atoms with Crippen LogP contribution in [-0.4, -0.2) is 17.9 Å². The zero-order valence-corrected chi connectivity index (χ0v) is 15.0. The largest absolute Gasteiger partial charge is 0.350 e. The Labute approximate surface area is 151 Å². The van der Waals surface area contributed by atoms with Crippen molar-refractivity contribution >= 4 is 35.3 Å². The van der Waals surface area contributed by atoms with Gasteiger partial charge in [-0.2, -0.15) is 0 Å². The zero-order chi connectivity index (χ0) is 17.8. The van der Waals surface area contributed by atoms with E-state index >= 15 is 0 Å². The third kappa shape index (κ3) is 4.12. The Morgan fingerprint density at radius 1 is 1.20 bits per heavy atom. The summed E-state index contributed by atoms with van der Waals surface area (Å²) in [6.07, 6.45) is 2.73. The number of fused-ring (bicyclic) bond motifs is 1. The van der Waals surface area contributed by atoms with Gasteiger partial charge in [-0.05, 0) is 49.2 Å². The maximum Gasteiger partial charge on any atom is 0.262 e. The Hall–Kier alpha value is -2.53. The maximum atomic E-state index is 12.2. The molecule has 0 fully saturated rings. The van der Waals surface area contributed by atoms with E-state index < -0.39 is 0 Å². The molecule has 0 bridgehead atoms. The first-order valence-corrected chi connectivity index (χ1v) is 9.09. The highest BCUT2D eigenvalue weighted by Crippen LogP contribution is 2.38. The molecule has 1 aliphatic heterocycles. The summed E-state index contributed by atoms with van der Waals surface area (Å²) >= 11 is 1.45. The lowest BCUT2D eigenvalue weighted by molar-refractivity contribution is -0.112. The number of thioether (sulfide) groups is 1. The molecule has 3 rings (SSSR count). The molecule has 0 unspecified atom stereocenters. The number of carbonyl (C=O) groups excluding carboxylic acids is 2.